The molecule has 1 aromatic rings. The second kappa shape index (κ2) is 6.34. The number of hydrogen-bond acceptors (Lipinski definition) is 5. The molecule has 2 heterocycles. The van der Waals surface area contributed by atoms with Crippen LogP contribution in [0.4, 0.5) is 0 Å². The Labute approximate surface area is 201 Å². The Balaban J connectivity index is 1.54. The van der Waals surface area contributed by atoms with Gasteiger partial charge in [-0.05, 0) is 59.8 Å². The van der Waals surface area contributed by atoms with E-state index in [0.717, 1.165) is 24.0 Å². The molecule has 1 aliphatic heterocycles. The SMILES string of the molecule is C=C1[C@H]2O[C@]23[C@@]2(C)[C@H](CC[C@@]3(C)[C@@H]1c1ccoc1)[C@@]1(C)C=CC(=O)C(C)(C)[C@@H]1C[C@H]2OC(C)=O. The van der Waals surface area contributed by atoms with Gasteiger partial charge in [0.25, 0.3) is 0 Å². The Kier molecular flexibility index (Phi) is 4.17. The molecule has 182 valence electrons. The van der Waals surface area contributed by atoms with Crippen LogP contribution in [0.25, 0.3) is 0 Å². The summed E-state index contributed by atoms with van der Waals surface area (Å²) in [6.45, 7) is 17.1. The molecule has 6 rings (SSSR count). The Hall–Kier alpha value is -2.14. The molecular formula is C29H36O5. The summed E-state index contributed by atoms with van der Waals surface area (Å²) in [5, 5.41) is 0. The van der Waals surface area contributed by atoms with Crippen LogP contribution >= 0.6 is 0 Å². The van der Waals surface area contributed by atoms with Crippen molar-refractivity contribution in [1.29, 1.82) is 0 Å². The van der Waals surface area contributed by atoms with E-state index in [0.29, 0.717) is 6.42 Å². The van der Waals surface area contributed by atoms with Gasteiger partial charge >= 0.3 is 5.97 Å². The number of ether oxygens (including phenoxy) is 2. The second-order valence-electron chi connectivity index (χ2n) is 12.8. The molecule has 34 heavy (non-hydrogen) atoms. The fraction of sp³-hybridized carbons (Fsp3) is 0.655. The third kappa shape index (κ3) is 2.22. The highest BCUT2D eigenvalue weighted by Crippen LogP contribution is 2.83. The van der Waals surface area contributed by atoms with Gasteiger partial charge in [0.2, 0.25) is 0 Å². The molecule has 5 heteroatoms. The minimum atomic E-state index is -0.510. The molecule has 0 amide bonds. The number of epoxide rings is 1. The monoisotopic (exact) mass is 464 g/mol. The highest BCUT2D eigenvalue weighted by Gasteiger charge is 2.88. The molecule has 0 bridgehead atoms. The van der Waals surface area contributed by atoms with Crippen LogP contribution in [0, 0.1) is 33.5 Å². The maximum absolute atomic E-state index is 13.0. The number of allylic oxidation sites excluding steroid dienone is 2. The van der Waals surface area contributed by atoms with Gasteiger partial charge in [-0.3, -0.25) is 9.59 Å². The van der Waals surface area contributed by atoms with Crippen molar-refractivity contribution >= 4 is 11.8 Å². The van der Waals surface area contributed by atoms with Crippen molar-refractivity contribution in [3.05, 3.63) is 48.5 Å². The summed E-state index contributed by atoms with van der Waals surface area (Å²) in [6, 6.07) is 2.05. The Morgan fingerprint density at radius 1 is 1.18 bits per heavy atom. The molecule has 0 aromatic carbocycles. The third-order valence-corrected chi connectivity index (χ3v) is 11.2. The Bertz CT molecular complexity index is 1130. The normalized spacial score (nSPS) is 50.1. The number of rotatable bonds is 2. The van der Waals surface area contributed by atoms with E-state index in [4.69, 9.17) is 13.9 Å². The average molecular weight is 465 g/mol. The van der Waals surface area contributed by atoms with Gasteiger partial charge in [-0.25, -0.2) is 0 Å². The van der Waals surface area contributed by atoms with Gasteiger partial charge in [-0.1, -0.05) is 47.3 Å². The fourth-order valence-corrected chi connectivity index (χ4v) is 9.77. The molecule has 4 aliphatic carbocycles. The molecule has 4 fully saturated rings. The van der Waals surface area contributed by atoms with Crippen molar-refractivity contribution in [2.75, 3.05) is 0 Å². The van der Waals surface area contributed by atoms with E-state index < -0.39 is 16.4 Å². The van der Waals surface area contributed by atoms with Crippen molar-refractivity contribution in [1.82, 2.24) is 0 Å². The van der Waals surface area contributed by atoms with Crippen LogP contribution in [-0.4, -0.2) is 29.6 Å². The molecule has 1 saturated heterocycles. The van der Waals surface area contributed by atoms with Crippen LogP contribution in [0.15, 0.2) is 47.3 Å². The largest absolute Gasteiger partial charge is 0.472 e. The van der Waals surface area contributed by atoms with E-state index in [1.807, 2.05) is 18.4 Å². The van der Waals surface area contributed by atoms with Crippen molar-refractivity contribution in [2.24, 2.45) is 33.5 Å². The zero-order valence-corrected chi connectivity index (χ0v) is 21.1. The van der Waals surface area contributed by atoms with E-state index in [1.165, 1.54) is 6.92 Å². The smallest absolute Gasteiger partial charge is 0.302 e. The first-order valence-electron chi connectivity index (χ1n) is 12.6. The summed E-state index contributed by atoms with van der Waals surface area (Å²) >= 11 is 0. The standard InChI is InChI=1S/C29H36O5/c1-16-23(18-10-13-32-15-18)27(6)12-8-19-26(5)11-9-21(31)25(3,4)20(26)14-22(33-17(2)30)28(19,7)29(27)24(16)34-29/h9-11,13,15,19-20,22-24H,1,8,12,14H2,2-7H3/t19-,20+,22-,23+,24-,26-,27+,28+,29-/m1/s1. The quantitative estimate of drug-likeness (QED) is 0.323. The van der Waals surface area contributed by atoms with Crippen molar-refractivity contribution in [3.63, 3.8) is 0 Å². The molecule has 1 aromatic heterocycles. The zero-order valence-electron chi connectivity index (χ0n) is 21.1. The maximum Gasteiger partial charge on any atom is 0.302 e. The number of furan rings is 1. The highest BCUT2D eigenvalue weighted by atomic mass is 16.6. The summed E-state index contributed by atoms with van der Waals surface area (Å²) in [7, 11) is 0. The van der Waals surface area contributed by atoms with E-state index in [2.05, 4.69) is 47.3 Å². The van der Waals surface area contributed by atoms with Gasteiger partial charge in [0.1, 0.15) is 17.8 Å². The predicted octanol–water partition coefficient (Wildman–Crippen LogP) is 5.62. The lowest BCUT2D eigenvalue weighted by atomic mass is 9.36. The van der Waals surface area contributed by atoms with Gasteiger partial charge in [0.05, 0.1) is 12.5 Å². The lowest BCUT2D eigenvalue weighted by Gasteiger charge is -2.67. The van der Waals surface area contributed by atoms with Crippen LogP contribution in [0.5, 0.6) is 0 Å². The van der Waals surface area contributed by atoms with Crippen LogP contribution in [-0.2, 0) is 19.1 Å². The predicted molar refractivity (Wildman–Crippen MR) is 127 cm³/mol. The summed E-state index contributed by atoms with van der Waals surface area (Å²) in [4.78, 5) is 25.4. The molecule has 9 atom stereocenters. The first-order valence-corrected chi connectivity index (χ1v) is 12.6. The number of esters is 1. The minimum absolute atomic E-state index is 0.0642. The summed E-state index contributed by atoms with van der Waals surface area (Å²) in [5.41, 5.74) is 0.496. The number of carbonyl (C=O) groups excluding carboxylic acids is 2. The number of ketones is 1. The van der Waals surface area contributed by atoms with E-state index in [1.54, 1.807) is 6.26 Å². The Morgan fingerprint density at radius 2 is 1.91 bits per heavy atom. The van der Waals surface area contributed by atoms with Crippen LogP contribution < -0.4 is 0 Å². The van der Waals surface area contributed by atoms with Crippen molar-refractivity contribution in [3.8, 4) is 0 Å². The number of fused-ring (bicyclic) bond motifs is 3. The van der Waals surface area contributed by atoms with Gasteiger partial charge in [0, 0.05) is 29.1 Å². The molecule has 3 saturated carbocycles. The van der Waals surface area contributed by atoms with Crippen LogP contribution in [0.1, 0.15) is 72.3 Å². The third-order valence-electron chi connectivity index (χ3n) is 11.2. The summed E-state index contributed by atoms with van der Waals surface area (Å²) < 4.78 is 18.4. The topological polar surface area (TPSA) is 69.0 Å². The molecule has 0 unspecified atom stereocenters. The molecule has 5 aliphatic rings. The van der Waals surface area contributed by atoms with Gasteiger partial charge < -0.3 is 13.9 Å². The van der Waals surface area contributed by atoms with Crippen LogP contribution in [0.3, 0.4) is 0 Å². The van der Waals surface area contributed by atoms with E-state index in [9.17, 15) is 9.59 Å². The molecule has 5 nitrogen and oxygen atoms in total. The number of carbonyl (C=O) groups is 2. The van der Waals surface area contributed by atoms with E-state index in [-0.39, 0.29) is 52.5 Å². The van der Waals surface area contributed by atoms with Gasteiger partial charge in [-0.15, -0.1) is 0 Å². The molecule has 0 radical (unpaired) electrons. The van der Waals surface area contributed by atoms with Crippen molar-refractivity contribution < 1.29 is 23.5 Å². The summed E-state index contributed by atoms with van der Waals surface area (Å²) in [5.74, 6) is 0.334. The van der Waals surface area contributed by atoms with Gasteiger partial charge in [-0.2, -0.15) is 0 Å². The second-order valence-corrected chi connectivity index (χ2v) is 12.8. The van der Waals surface area contributed by atoms with Gasteiger partial charge in [0.15, 0.2) is 5.78 Å². The molecule has 1 spiro atoms. The first-order chi connectivity index (χ1) is 15.9. The summed E-state index contributed by atoms with van der Waals surface area (Å²) in [6.07, 6.45) is 9.78. The first kappa shape index (κ1) is 22.3. The zero-order chi connectivity index (χ0) is 24.5. The average Bonchev–Trinajstić information content (AvgIpc) is 3.24. The molecular weight excluding hydrogens is 428 g/mol. The number of hydrogen-bond donors (Lipinski definition) is 0. The maximum atomic E-state index is 13.0. The molecule has 0 N–H and O–H groups in total. The highest BCUT2D eigenvalue weighted by molar-refractivity contribution is 5.95. The van der Waals surface area contributed by atoms with Crippen LogP contribution in [0.2, 0.25) is 0 Å². The minimum Gasteiger partial charge on any atom is -0.472 e. The fourth-order valence-electron chi connectivity index (χ4n) is 9.77. The lowest BCUT2D eigenvalue weighted by Crippen LogP contribution is -2.70. The lowest BCUT2D eigenvalue weighted by molar-refractivity contribution is -0.232. The van der Waals surface area contributed by atoms with E-state index >= 15 is 0 Å². The van der Waals surface area contributed by atoms with Crippen molar-refractivity contribution in [2.45, 2.75) is 84.5 Å². The Morgan fingerprint density at radius 3 is 2.56 bits per heavy atom.